The molecule has 0 fully saturated rings. The molecule has 0 radical (unpaired) electrons. The molecular formula is C10H12N2O. The van der Waals surface area contributed by atoms with Gasteiger partial charge in [-0.1, -0.05) is 6.07 Å². The van der Waals surface area contributed by atoms with Gasteiger partial charge in [-0.05, 0) is 19.1 Å². The molecule has 1 aliphatic rings. The predicted molar refractivity (Wildman–Crippen MR) is 51.3 cm³/mol. The Morgan fingerprint density at radius 2 is 2.31 bits per heavy atom. The number of hydrogen-bond acceptors (Lipinski definition) is 2. The highest BCUT2D eigenvalue weighted by Gasteiger charge is 2.26. The van der Waals surface area contributed by atoms with Crippen LogP contribution in [0.15, 0.2) is 18.2 Å². The van der Waals surface area contributed by atoms with Crippen molar-refractivity contribution in [1.29, 1.82) is 0 Å². The molecule has 0 spiro atoms. The van der Waals surface area contributed by atoms with Crippen LogP contribution in [0.2, 0.25) is 0 Å². The molecule has 0 unspecified atom stereocenters. The average Bonchev–Trinajstić information content (AvgIpc) is 2.45. The van der Waals surface area contributed by atoms with Crippen molar-refractivity contribution < 1.29 is 4.79 Å². The summed E-state index contributed by atoms with van der Waals surface area (Å²) in [6.07, 6.45) is 0. The molecule has 2 N–H and O–H groups in total. The summed E-state index contributed by atoms with van der Waals surface area (Å²) in [5.74, 6) is 0.102. The third-order valence-corrected chi connectivity index (χ3v) is 2.46. The van der Waals surface area contributed by atoms with Gasteiger partial charge in [-0.2, -0.15) is 0 Å². The van der Waals surface area contributed by atoms with E-state index in [1.54, 1.807) is 4.90 Å². The zero-order valence-electron chi connectivity index (χ0n) is 7.58. The third kappa shape index (κ3) is 1.08. The Morgan fingerprint density at radius 1 is 1.54 bits per heavy atom. The van der Waals surface area contributed by atoms with Crippen molar-refractivity contribution in [3.05, 3.63) is 29.3 Å². The molecule has 1 aromatic rings. The van der Waals surface area contributed by atoms with Crippen molar-refractivity contribution in [2.45, 2.75) is 13.5 Å². The number of nitrogens with zero attached hydrogens (tertiary/aromatic N) is 1. The molecule has 0 saturated heterocycles. The van der Waals surface area contributed by atoms with Crippen molar-refractivity contribution >= 4 is 11.6 Å². The van der Waals surface area contributed by atoms with E-state index >= 15 is 0 Å². The Balaban J connectivity index is 2.49. The van der Waals surface area contributed by atoms with E-state index in [0.717, 1.165) is 23.4 Å². The van der Waals surface area contributed by atoms with Crippen molar-refractivity contribution in [2.75, 3.05) is 12.3 Å². The number of nitrogen functional groups attached to an aromatic ring is 1. The lowest BCUT2D eigenvalue weighted by Crippen LogP contribution is -2.22. The minimum absolute atomic E-state index is 0.102. The summed E-state index contributed by atoms with van der Waals surface area (Å²) in [4.78, 5) is 13.4. The van der Waals surface area contributed by atoms with Crippen LogP contribution in [0.3, 0.4) is 0 Å². The zero-order valence-corrected chi connectivity index (χ0v) is 7.58. The number of carbonyl (C=O) groups is 1. The van der Waals surface area contributed by atoms with Crippen molar-refractivity contribution in [2.24, 2.45) is 0 Å². The first-order valence-electron chi connectivity index (χ1n) is 4.40. The first-order valence-corrected chi connectivity index (χ1v) is 4.40. The zero-order chi connectivity index (χ0) is 9.42. The lowest BCUT2D eigenvalue weighted by Gasteiger charge is -2.11. The molecule has 3 nitrogen and oxygen atoms in total. The second kappa shape index (κ2) is 2.76. The molecule has 1 aromatic carbocycles. The largest absolute Gasteiger partial charge is 0.398 e. The van der Waals surface area contributed by atoms with Crippen LogP contribution in [-0.2, 0) is 6.54 Å². The van der Waals surface area contributed by atoms with E-state index in [2.05, 4.69) is 0 Å². The second-order valence-electron chi connectivity index (χ2n) is 3.19. The van der Waals surface area contributed by atoms with Crippen molar-refractivity contribution in [1.82, 2.24) is 4.90 Å². The van der Waals surface area contributed by atoms with E-state index in [4.69, 9.17) is 5.73 Å². The van der Waals surface area contributed by atoms with Crippen LogP contribution in [0.25, 0.3) is 0 Å². The molecule has 3 heteroatoms. The number of anilines is 1. The van der Waals surface area contributed by atoms with Gasteiger partial charge in [0.1, 0.15) is 0 Å². The maximum absolute atomic E-state index is 11.7. The second-order valence-corrected chi connectivity index (χ2v) is 3.19. The Hall–Kier alpha value is -1.51. The summed E-state index contributed by atoms with van der Waals surface area (Å²) in [7, 11) is 0. The van der Waals surface area contributed by atoms with Gasteiger partial charge in [-0.25, -0.2) is 0 Å². The van der Waals surface area contributed by atoms with E-state index < -0.39 is 0 Å². The summed E-state index contributed by atoms with van der Waals surface area (Å²) in [6, 6.07) is 5.50. The van der Waals surface area contributed by atoms with Gasteiger partial charge in [-0.3, -0.25) is 4.79 Å². The van der Waals surface area contributed by atoms with Gasteiger partial charge in [0.05, 0.1) is 0 Å². The Kier molecular flexibility index (Phi) is 1.72. The molecular weight excluding hydrogens is 164 g/mol. The summed E-state index contributed by atoms with van der Waals surface area (Å²) in [5.41, 5.74) is 8.24. The van der Waals surface area contributed by atoms with E-state index in [9.17, 15) is 4.79 Å². The molecule has 1 amide bonds. The monoisotopic (exact) mass is 176 g/mol. The van der Waals surface area contributed by atoms with Crippen LogP contribution < -0.4 is 5.73 Å². The maximum atomic E-state index is 11.7. The van der Waals surface area contributed by atoms with Gasteiger partial charge in [0, 0.05) is 29.9 Å². The van der Waals surface area contributed by atoms with Crippen molar-refractivity contribution in [3.63, 3.8) is 0 Å². The molecule has 1 aliphatic heterocycles. The highest BCUT2D eigenvalue weighted by molar-refractivity contribution is 5.99. The lowest BCUT2D eigenvalue weighted by atomic mass is 10.1. The quantitative estimate of drug-likeness (QED) is 0.654. The van der Waals surface area contributed by atoms with Gasteiger partial charge in [0.2, 0.25) is 0 Å². The third-order valence-electron chi connectivity index (χ3n) is 2.46. The highest BCUT2D eigenvalue weighted by Crippen LogP contribution is 2.26. The van der Waals surface area contributed by atoms with Gasteiger partial charge >= 0.3 is 0 Å². The van der Waals surface area contributed by atoms with Crippen LogP contribution >= 0.6 is 0 Å². The smallest absolute Gasteiger partial charge is 0.254 e. The molecule has 0 aliphatic carbocycles. The molecule has 68 valence electrons. The number of nitrogens with two attached hydrogens (primary N) is 1. The van der Waals surface area contributed by atoms with Gasteiger partial charge in [-0.15, -0.1) is 0 Å². The van der Waals surface area contributed by atoms with Gasteiger partial charge in [0.25, 0.3) is 5.91 Å². The molecule has 0 aromatic heterocycles. The Morgan fingerprint density at radius 3 is 2.92 bits per heavy atom. The minimum Gasteiger partial charge on any atom is -0.398 e. The number of amides is 1. The van der Waals surface area contributed by atoms with Crippen molar-refractivity contribution in [3.8, 4) is 0 Å². The van der Waals surface area contributed by atoms with E-state index in [0.29, 0.717) is 6.54 Å². The standard InChI is InChI=1S/C10H12N2O/c1-2-12-6-8-7(10(12)13)4-3-5-9(8)11/h3-5H,2,6,11H2,1H3. The summed E-state index contributed by atoms with van der Waals surface area (Å²) in [5, 5.41) is 0. The number of hydrogen-bond donors (Lipinski definition) is 1. The fraction of sp³-hybridized carbons (Fsp3) is 0.300. The first kappa shape index (κ1) is 8.10. The number of fused-ring (bicyclic) bond motifs is 1. The fourth-order valence-corrected chi connectivity index (χ4v) is 1.67. The van der Waals surface area contributed by atoms with Gasteiger partial charge in [0.15, 0.2) is 0 Å². The topological polar surface area (TPSA) is 46.3 Å². The fourth-order valence-electron chi connectivity index (χ4n) is 1.67. The van der Waals surface area contributed by atoms with Gasteiger partial charge < -0.3 is 10.6 Å². The number of carbonyl (C=O) groups excluding carboxylic acids is 1. The van der Waals surface area contributed by atoms with E-state index in [1.165, 1.54) is 0 Å². The molecule has 13 heavy (non-hydrogen) atoms. The van der Waals surface area contributed by atoms with E-state index in [1.807, 2.05) is 25.1 Å². The number of rotatable bonds is 1. The molecule has 0 bridgehead atoms. The van der Waals surface area contributed by atoms with Crippen LogP contribution in [0.4, 0.5) is 5.69 Å². The van der Waals surface area contributed by atoms with Crippen LogP contribution in [-0.4, -0.2) is 17.4 Å². The molecule has 1 heterocycles. The summed E-state index contributed by atoms with van der Waals surface area (Å²) >= 11 is 0. The molecule has 0 atom stereocenters. The maximum Gasteiger partial charge on any atom is 0.254 e. The highest BCUT2D eigenvalue weighted by atomic mass is 16.2. The van der Waals surface area contributed by atoms with Crippen LogP contribution in [0.5, 0.6) is 0 Å². The Labute approximate surface area is 77.1 Å². The van der Waals surface area contributed by atoms with Crippen LogP contribution in [0.1, 0.15) is 22.8 Å². The van der Waals surface area contributed by atoms with E-state index in [-0.39, 0.29) is 5.91 Å². The van der Waals surface area contributed by atoms with Crippen LogP contribution in [0, 0.1) is 0 Å². The Bertz CT molecular complexity index is 360. The number of benzene rings is 1. The lowest BCUT2D eigenvalue weighted by molar-refractivity contribution is 0.0787. The normalized spacial score (nSPS) is 14.8. The molecule has 2 rings (SSSR count). The average molecular weight is 176 g/mol. The SMILES string of the molecule is CCN1Cc2c(N)cccc2C1=O. The predicted octanol–water partition coefficient (Wildman–Crippen LogP) is 1.24. The minimum atomic E-state index is 0.102. The first-order chi connectivity index (χ1) is 6.24. The molecule has 0 saturated carbocycles. The summed E-state index contributed by atoms with van der Waals surface area (Å²) < 4.78 is 0. The summed E-state index contributed by atoms with van der Waals surface area (Å²) in [6.45, 7) is 3.38.